The second-order valence-corrected chi connectivity index (χ2v) is 4.50. The maximum absolute atomic E-state index is 11.7. The number of amides is 1. The van der Waals surface area contributed by atoms with Gasteiger partial charge in [0.05, 0.1) is 13.2 Å². The summed E-state index contributed by atoms with van der Waals surface area (Å²) in [5, 5.41) is 6.02. The van der Waals surface area contributed by atoms with E-state index in [1.165, 1.54) is 0 Å². The fourth-order valence-corrected chi connectivity index (χ4v) is 1.66. The van der Waals surface area contributed by atoms with Gasteiger partial charge in [0.1, 0.15) is 5.82 Å². The second kappa shape index (κ2) is 9.28. The van der Waals surface area contributed by atoms with E-state index in [0.29, 0.717) is 13.2 Å². The molecular weight excluding hydrogens is 256 g/mol. The third-order valence-corrected chi connectivity index (χ3v) is 2.79. The van der Waals surface area contributed by atoms with Crippen molar-refractivity contribution < 1.29 is 9.53 Å². The molecule has 0 spiro atoms. The number of rotatable bonds is 9. The molecule has 0 saturated heterocycles. The van der Waals surface area contributed by atoms with Gasteiger partial charge in [0, 0.05) is 33.4 Å². The van der Waals surface area contributed by atoms with E-state index >= 15 is 0 Å². The quantitative estimate of drug-likeness (QED) is 0.641. The highest BCUT2D eigenvalue weighted by Gasteiger charge is 2.07. The molecule has 0 aliphatic rings. The minimum Gasteiger partial charge on any atom is -0.383 e. The summed E-state index contributed by atoms with van der Waals surface area (Å²) in [7, 11) is 3.46. The molecule has 1 heterocycles. The average molecular weight is 280 g/mol. The number of hydrogen-bond acceptors (Lipinski definition) is 5. The van der Waals surface area contributed by atoms with Crippen LogP contribution in [0.3, 0.4) is 0 Å². The lowest BCUT2D eigenvalue weighted by atomic mass is 10.2. The Morgan fingerprint density at radius 2 is 2.25 bits per heavy atom. The maximum atomic E-state index is 11.7. The van der Waals surface area contributed by atoms with Gasteiger partial charge in [-0.15, -0.1) is 0 Å². The van der Waals surface area contributed by atoms with Gasteiger partial charge in [0.2, 0.25) is 5.91 Å². The van der Waals surface area contributed by atoms with E-state index in [2.05, 4.69) is 22.5 Å². The zero-order valence-electron chi connectivity index (χ0n) is 12.5. The van der Waals surface area contributed by atoms with Crippen LogP contribution < -0.4 is 15.5 Å². The summed E-state index contributed by atoms with van der Waals surface area (Å²) in [4.78, 5) is 17.8. The highest BCUT2D eigenvalue weighted by Crippen LogP contribution is 2.09. The van der Waals surface area contributed by atoms with Gasteiger partial charge in [-0.3, -0.25) is 4.79 Å². The predicted molar refractivity (Wildman–Crippen MR) is 79.8 cm³/mol. The van der Waals surface area contributed by atoms with E-state index in [-0.39, 0.29) is 12.5 Å². The van der Waals surface area contributed by atoms with E-state index in [9.17, 15) is 4.79 Å². The molecule has 0 radical (unpaired) electrons. The largest absolute Gasteiger partial charge is 0.383 e. The van der Waals surface area contributed by atoms with Crippen LogP contribution in [0, 0.1) is 0 Å². The van der Waals surface area contributed by atoms with Crippen molar-refractivity contribution in [2.45, 2.75) is 13.5 Å². The molecule has 0 aromatic carbocycles. The molecule has 1 rings (SSSR count). The van der Waals surface area contributed by atoms with E-state index in [1.807, 2.05) is 30.3 Å². The Balaban J connectivity index is 2.42. The van der Waals surface area contributed by atoms with Crippen LogP contribution in [0.25, 0.3) is 0 Å². The molecule has 1 amide bonds. The fourth-order valence-electron chi connectivity index (χ4n) is 1.66. The highest BCUT2D eigenvalue weighted by atomic mass is 16.5. The Hall–Kier alpha value is -1.66. The molecule has 0 atom stereocenters. The number of carbonyl (C=O) groups excluding carboxylic acids is 1. The summed E-state index contributed by atoms with van der Waals surface area (Å²) in [5.74, 6) is 0.746. The first-order valence-corrected chi connectivity index (χ1v) is 6.79. The Morgan fingerprint density at radius 3 is 2.85 bits per heavy atom. The number of ether oxygens (including phenoxy) is 1. The predicted octanol–water partition coefficient (Wildman–Crippen LogP) is 0.390. The number of carbonyl (C=O) groups is 1. The highest BCUT2D eigenvalue weighted by molar-refractivity contribution is 5.80. The first kappa shape index (κ1) is 16.4. The molecule has 0 unspecified atom stereocenters. The van der Waals surface area contributed by atoms with Gasteiger partial charge in [-0.05, 0) is 18.2 Å². The van der Waals surface area contributed by atoms with Crippen LogP contribution in [0.2, 0.25) is 0 Å². The lowest BCUT2D eigenvalue weighted by molar-refractivity contribution is -0.119. The molecule has 1 aromatic heterocycles. The standard InChI is InChI=1S/C14H24N4O2/c1-4-15-9-12-5-6-13(17-10-12)18(2)11-14(19)16-7-8-20-3/h5-6,10,15H,4,7-9,11H2,1-3H3,(H,16,19). The minimum absolute atomic E-state index is 0.0388. The van der Waals surface area contributed by atoms with Crippen LogP contribution >= 0.6 is 0 Å². The zero-order chi connectivity index (χ0) is 14.8. The van der Waals surface area contributed by atoms with Crippen molar-refractivity contribution in [3.8, 4) is 0 Å². The van der Waals surface area contributed by atoms with Gasteiger partial charge in [-0.25, -0.2) is 4.98 Å². The van der Waals surface area contributed by atoms with Crippen LogP contribution in [0.4, 0.5) is 5.82 Å². The number of aromatic nitrogens is 1. The van der Waals surface area contributed by atoms with Crippen LogP contribution in [0.15, 0.2) is 18.3 Å². The Morgan fingerprint density at radius 1 is 1.45 bits per heavy atom. The molecule has 20 heavy (non-hydrogen) atoms. The number of methoxy groups -OCH3 is 1. The van der Waals surface area contributed by atoms with E-state index in [1.54, 1.807) is 7.11 Å². The third kappa shape index (κ3) is 5.99. The number of hydrogen-bond donors (Lipinski definition) is 2. The lowest BCUT2D eigenvalue weighted by Crippen LogP contribution is -2.36. The summed E-state index contributed by atoms with van der Waals surface area (Å²) >= 11 is 0. The first-order valence-electron chi connectivity index (χ1n) is 6.79. The SMILES string of the molecule is CCNCc1ccc(N(C)CC(=O)NCCOC)nc1. The topological polar surface area (TPSA) is 66.5 Å². The van der Waals surface area contributed by atoms with Gasteiger partial charge in [-0.1, -0.05) is 13.0 Å². The van der Waals surface area contributed by atoms with Crippen LogP contribution in [-0.4, -0.2) is 51.3 Å². The molecule has 0 aliphatic carbocycles. The molecule has 0 saturated carbocycles. The first-order chi connectivity index (χ1) is 9.67. The number of pyridine rings is 1. The maximum Gasteiger partial charge on any atom is 0.239 e. The van der Waals surface area contributed by atoms with Crippen molar-refractivity contribution in [2.24, 2.45) is 0 Å². The number of nitrogens with zero attached hydrogens (tertiary/aromatic N) is 2. The van der Waals surface area contributed by atoms with E-state index < -0.39 is 0 Å². The molecular formula is C14H24N4O2. The number of anilines is 1. The lowest BCUT2D eigenvalue weighted by Gasteiger charge is -2.17. The van der Waals surface area contributed by atoms with Crippen molar-refractivity contribution >= 4 is 11.7 Å². The van der Waals surface area contributed by atoms with Gasteiger partial charge >= 0.3 is 0 Å². The van der Waals surface area contributed by atoms with Gasteiger partial charge < -0.3 is 20.3 Å². The molecule has 0 aliphatic heterocycles. The molecule has 0 bridgehead atoms. The van der Waals surface area contributed by atoms with Crippen LogP contribution in [0.5, 0.6) is 0 Å². The van der Waals surface area contributed by atoms with Crippen molar-refractivity contribution in [1.82, 2.24) is 15.6 Å². The van der Waals surface area contributed by atoms with Gasteiger partial charge in [0.25, 0.3) is 0 Å². The fraction of sp³-hybridized carbons (Fsp3) is 0.571. The van der Waals surface area contributed by atoms with Gasteiger partial charge in [-0.2, -0.15) is 0 Å². The number of nitrogens with one attached hydrogen (secondary N) is 2. The monoisotopic (exact) mass is 280 g/mol. The molecule has 6 heteroatoms. The van der Waals surface area contributed by atoms with E-state index in [4.69, 9.17) is 4.74 Å². The Bertz CT molecular complexity index is 395. The van der Waals surface area contributed by atoms with Gasteiger partial charge in [0.15, 0.2) is 0 Å². The molecule has 2 N–H and O–H groups in total. The number of likely N-dealkylation sites (N-methyl/N-ethyl adjacent to an activating group) is 1. The van der Waals surface area contributed by atoms with Crippen molar-refractivity contribution in [2.75, 3.05) is 45.3 Å². The zero-order valence-corrected chi connectivity index (χ0v) is 12.5. The minimum atomic E-state index is -0.0388. The van der Waals surface area contributed by atoms with Crippen LogP contribution in [-0.2, 0) is 16.1 Å². The average Bonchev–Trinajstić information content (AvgIpc) is 2.46. The summed E-state index contributed by atoms with van der Waals surface area (Å²) in [6.45, 7) is 5.14. The Labute approximate surface area is 120 Å². The smallest absolute Gasteiger partial charge is 0.239 e. The van der Waals surface area contributed by atoms with Crippen molar-refractivity contribution in [3.05, 3.63) is 23.9 Å². The van der Waals surface area contributed by atoms with Crippen molar-refractivity contribution in [3.63, 3.8) is 0 Å². The van der Waals surface area contributed by atoms with Crippen LogP contribution in [0.1, 0.15) is 12.5 Å². The van der Waals surface area contributed by atoms with Crippen molar-refractivity contribution in [1.29, 1.82) is 0 Å². The third-order valence-electron chi connectivity index (χ3n) is 2.79. The summed E-state index contributed by atoms with van der Waals surface area (Å²) in [5.41, 5.74) is 1.13. The molecule has 0 fully saturated rings. The Kier molecular flexibility index (Phi) is 7.60. The summed E-state index contributed by atoms with van der Waals surface area (Å²) < 4.78 is 4.88. The summed E-state index contributed by atoms with van der Waals surface area (Å²) in [6, 6.07) is 3.94. The summed E-state index contributed by atoms with van der Waals surface area (Å²) in [6.07, 6.45) is 1.83. The van der Waals surface area contributed by atoms with E-state index in [0.717, 1.165) is 24.5 Å². The normalized spacial score (nSPS) is 10.3. The second-order valence-electron chi connectivity index (χ2n) is 4.50. The molecule has 1 aromatic rings. The molecule has 6 nitrogen and oxygen atoms in total. The molecule has 112 valence electrons.